The number of sulfonamides is 1. The first-order valence-corrected chi connectivity index (χ1v) is 12.4. The Bertz CT molecular complexity index is 726. The highest BCUT2D eigenvalue weighted by Gasteiger charge is 2.29. The smallest absolute Gasteiger partial charge is 0.214 e. The third kappa shape index (κ3) is 6.14. The highest BCUT2D eigenvalue weighted by atomic mass is 32.2. The van der Waals surface area contributed by atoms with Gasteiger partial charge in [-0.3, -0.25) is 0 Å². The van der Waals surface area contributed by atoms with Gasteiger partial charge < -0.3 is 4.90 Å². The van der Waals surface area contributed by atoms with Crippen LogP contribution in [0.15, 0.2) is 0 Å². The van der Waals surface area contributed by atoms with E-state index >= 15 is 0 Å². The van der Waals surface area contributed by atoms with Crippen LogP contribution in [-0.4, -0.2) is 54.6 Å². The molecular weight excluding hydrogens is 372 g/mol. The molecule has 0 radical (unpaired) electrons. The Labute approximate surface area is 171 Å². The Morgan fingerprint density at radius 3 is 2.14 bits per heavy atom. The lowest BCUT2D eigenvalue weighted by Crippen LogP contribution is -2.50. The summed E-state index contributed by atoms with van der Waals surface area (Å²) in [6.07, 6.45) is 6.60. The van der Waals surface area contributed by atoms with Gasteiger partial charge in [-0.25, -0.2) is 18.4 Å². The van der Waals surface area contributed by atoms with Crippen molar-refractivity contribution in [3.05, 3.63) is 17.1 Å². The van der Waals surface area contributed by atoms with E-state index in [2.05, 4.69) is 30.7 Å². The van der Waals surface area contributed by atoms with Gasteiger partial charge in [0.1, 0.15) is 11.6 Å². The summed E-state index contributed by atoms with van der Waals surface area (Å²) in [4.78, 5) is 11.4. The van der Waals surface area contributed by atoms with Crippen LogP contribution in [-0.2, 0) is 10.0 Å². The molecule has 0 spiro atoms. The zero-order valence-electron chi connectivity index (χ0n) is 18.4. The molecule has 1 aliphatic heterocycles. The molecule has 2 rings (SSSR count). The number of anilines is 1. The molecule has 0 unspecified atom stereocenters. The Hall–Kier alpha value is -1.21. The van der Waals surface area contributed by atoms with Crippen molar-refractivity contribution in [1.29, 1.82) is 0 Å². The summed E-state index contributed by atoms with van der Waals surface area (Å²) in [6.45, 7) is 12.9. The van der Waals surface area contributed by atoms with E-state index in [1.165, 1.54) is 24.8 Å². The molecule has 1 saturated heterocycles. The maximum atomic E-state index is 12.7. The monoisotopic (exact) mass is 410 g/mol. The van der Waals surface area contributed by atoms with Crippen molar-refractivity contribution >= 4 is 15.8 Å². The number of piperazine rings is 1. The normalized spacial score (nSPS) is 16.1. The number of nitrogens with zero attached hydrogens (tertiary/aromatic N) is 4. The molecule has 6 nitrogen and oxygen atoms in total. The zero-order chi connectivity index (χ0) is 20.7. The first-order chi connectivity index (χ1) is 13.3. The van der Waals surface area contributed by atoms with Crippen LogP contribution in [0.4, 0.5) is 5.82 Å². The SMILES string of the molecule is CCCCCCCCS(=O)(=O)N1CCN(c2nc(C)nc(C)c2C(C)C)CC1. The lowest BCUT2D eigenvalue weighted by atomic mass is 10.0. The lowest BCUT2D eigenvalue weighted by Gasteiger charge is -2.36. The number of rotatable bonds is 10. The minimum atomic E-state index is -3.15. The molecular formula is C21H38N4O2S. The van der Waals surface area contributed by atoms with E-state index in [9.17, 15) is 8.42 Å². The van der Waals surface area contributed by atoms with Crippen molar-refractivity contribution in [2.45, 2.75) is 79.1 Å². The second kappa shape index (κ2) is 10.5. The van der Waals surface area contributed by atoms with Crippen molar-refractivity contribution < 1.29 is 8.42 Å². The Balaban J connectivity index is 1.94. The molecule has 1 fully saturated rings. The fraction of sp³-hybridized carbons (Fsp3) is 0.810. The molecule has 0 N–H and O–H groups in total. The van der Waals surface area contributed by atoms with Crippen LogP contribution in [0.3, 0.4) is 0 Å². The first kappa shape index (κ1) is 23.1. The summed E-state index contributed by atoms with van der Waals surface area (Å²) in [5.74, 6) is 2.37. The average Bonchev–Trinajstić information content (AvgIpc) is 2.63. The minimum Gasteiger partial charge on any atom is -0.354 e. The van der Waals surface area contributed by atoms with Crippen LogP contribution < -0.4 is 4.90 Å². The van der Waals surface area contributed by atoms with Gasteiger partial charge in [-0.2, -0.15) is 4.31 Å². The maximum absolute atomic E-state index is 12.7. The van der Waals surface area contributed by atoms with E-state index < -0.39 is 10.0 Å². The molecule has 0 aromatic carbocycles. The molecule has 1 aromatic heterocycles. The maximum Gasteiger partial charge on any atom is 0.214 e. The molecule has 0 bridgehead atoms. The van der Waals surface area contributed by atoms with Crippen molar-refractivity contribution in [3.8, 4) is 0 Å². The third-order valence-corrected chi connectivity index (χ3v) is 7.45. The van der Waals surface area contributed by atoms with Gasteiger partial charge in [0.15, 0.2) is 0 Å². The molecule has 1 aliphatic rings. The Kier molecular flexibility index (Phi) is 8.68. The van der Waals surface area contributed by atoms with Gasteiger partial charge in [-0.05, 0) is 26.2 Å². The molecule has 0 amide bonds. The number of unbranched alkanes of at least 4 members (excludes halogenated alkanes) is 5. The van der Waals surface area contributed by atoms with Gasteiger partial charge in [0.25, 0.3) is 0 Å². The molecule has 28 heavy (non-hydrogen) atoms. The van der Waals surface area contributed by atoms with Crippen LogP contribution in [0.5, 0.6) is 0 Å². The fourth-order valence-electron chi connectivity index (χ4n) is 3.99. The summed E-state index contributed by atoms with van der Waals surface area (Å²) < 4.78 is 27.0. The second-order valence-corrected chi connectivity index (χ2v) is 10.3. The summed E-state index contributed by atoms with van der Waals surface area (Å²) in [5.41, 5.74) is 2.20. The van der Waals surface area contributed by atoms with Gasteiger partial charge in [-0.1, -0.05) is 52.9 Å². The minimum absolute atomic E-state index is 0.280. The van der Waals surface area contributed by atoms with Crippen LogP contribution in [0.2, 0.25) is 0 Å². The van der Waals surface area contributed by atoms with E-state index in [0.717, 1.165) is 36.6 Å². The quantitative estimate of drug-likeness (QED) is 0.545. The van der Waals surface area contributed by atoms with E-state index in [0.29, 0.717) is 32.1 Å². The highest BCUT2D eigenvalue weighted by Crippen LogP contribution is 2.29. The zero-order valence-corrected chi connectivity index (χ0v) is 19.2. The van der Waals surface area contributed by atoms with Crippen LogP contribution >= 0.6 is 0 Å². The van der Waals surface area contributed by atoms with Gasteiger partial charge >= 0.3 is 0 Å². The summed E-state index contributed by atoms with van der Waals surface area (Å²) in [5, 5.41) is 0. The van der Waals surface area contributed by atoms with Crippen molar-refractivity contribution in [1.82, 2.24) is 14.3 Å². The number of hydrogen-bond acceptors (Lipinski definition) is 5. The predicted molar refractivity (Wildman–Crippen MR) is 117 cm³/mol. The van der Waals surface area contributed by atoms with E-state index in [1.807, 2.05) is 13.8 Å². The van der Waals surface area contributed by atoms with Gasteiger partial charge in [0, 0.05) is 37.4 Å². The molecule has 0 saturated carbocycles. The Morgan fingerprint density at radius 2 is 1.54 bits per heavy atom. The molecule has 160 valence electrons. The topological polar surface area (TPSA) is 66.4 Å². The fourth-order valence-corrected chi connectivity index (χ4v) is 5.54. The lowest BCUT2D eigenvalue weighted by molar-refractivity contribution is 0.382. The van der Waals surface area contributed by atoms with Gasteiger partial charge in [0.05, 0.1) is 5.75 Å². The summed E-state index contributed by atoms with van der Waals surface area (Å²) >= 11 is 0. The Morgan fingerprint density at radius 1 is 0.929 bits per heavy atom. The summed E-state index contributed by atoms with van der Waals surface area (Å²) in [6, 6.07) is 0. The van der Waals surface area contributed by atoms with Gasteiger partial charge in [0.2, 0.25) is 10.0 Å². The molecule has 2 heterocycles. The highest BCUT2D eigenvalue weighted by molar-refractivity contribution is 7.89. The molecule has 1 aromatic rings. The largest absolute Gasteiger partial charge is 0.354 e. The van der Waals surface area contributed by atoms with Crippen LogP contribution in [0.1, 0.15) is 82.3 Å². The standard InChI is InChI=1S/C21H38N4O2S/c1-6-7-8-9-10-11-16-28(26,27)25-14-12-24(13-15-25)21-20(17(2)3)18(4)22-19(5)23-21/h17H,6-16H2,1-5H3. The number of hydrogen-bond donors (Lipinski definition) is 0. The van der Waals surface area contributed by atoms with E-state index in [-0.39, 0.29) is 5.75 Å². The van der Waals surface area contributed by atoms with Crippen LogP contribution in [0.25, 0.3) is 0 Å². The first-order valence-electron chi connectivity index (χ1n) is 10.8. The average molecular weight is 411 g/mol. The van der Waals surface area contributed by atoms with Crippen LogP contribution in [0, 0.1) is 13.8 Å². The summed E-state index contributed by atoms with van der Waals surface area (Å²) in [7, 11) is -3.15. The van der Waals surface area contributed by atoms with Gasteiger partial charge in [-0.15, -0.1) is 0 Å². The van der Waals surface area contributed by atoms with E-state index in [1.54, 1.807) is 4.31 Å². The van der Waals surface area contributed by atoms with Crippen molar-refractivity contribution in [2.24, 2.45) is 0 Å². The predicted octanol–water partition coefficient (Wildman–Crippen LogP) is 4.03. The number of aryl methyl sites for hydroxylation is 2. The van der Waals surface area contributed by atoms with Crippen molar-refractivity contribution in [3.63, 3.8) is 0 Å². The molecule has 0 atom stereocenters. The van der Waals surface area contributed by atoms with E-state index in [4.69, 9.17) is 4.98 Å². The third-order valence-electron chi connectivity index (χ3n) is 5.49. The number of aromatic nitrogens is 2. The molecule has 0 aliphatic carbocycles. The molecule has 7 heteroatoms. The second-order valence-electron chi connectivity index (χ2n) is 8.22. The van der Waals surface area contributed by atoms with Crippen molar-refractivity contribution in [2.75, 3.05) is 36.8 Å².